The largest absolute Gasteiger partial charge is 0.465 e. The normalized spacial score (nSPS) is 30.0. The van der Waals surface area contributed by atoms with Crippen LogP contribution in [0.25, 0.3) is 0 Å². The van der Waals surface area contributed by atoms with E-state index in [-0.39, 0.29) is 11.9 Å². The molecule has 0 spiro atoms. The van der Waals surface area contributed by atoms with Crippen molar-refractivity contribution in [3.8, 4) is 0 Å². The molecule has 2 atom stereocenters. The smallest absolute Gasteiger partial charge is 0.311 e. The fourth-order valence-electron chi connectivity index (χ4n) is 0.950. The van der Waals surface area contributed by atoms with Crippen LogP contribution in [0.1, 0.15) is 13.3 Å². The number of hydrogen-bond acceptors (Lipinski definition) is 3. The lowest BCUT2D eigenvalue weighted by atomic mass is 10.0. The maximum Gasteiger partial charge on any atom is 0.311 e. The summed E-state index contributed by atoms with van der Waals surface area (Å²) in [5, 5.41) is 8.92. The van der Waals surface area contributed by atoms with Gasteiger partial charge in [-0.3, -0.25) is 4.79 Å². The lowest BCUT2D eigenvalue weighted by Crippen LogP contribution is -2.20. The van der Waals surface area contributed by atoms with E-state index in [4.69, 9.17) is 5.11 Å². The zero-order chi connectivity index (χ0) is 6.85. The van der Waals surface area contributed by atoms with Gasteiger partial charge in [0, 0.05) is 0 Å². The van der Waals surface area contributed by atoms with Gasteiger partial charge < -0.3 is 9.84 Å². The molecule has 0 radical (unpaired) electrons. The first-order chi connectivity index (χ1) is 4.22. The number of aliphatic hydroxyl groups is 1. The third kappa shape index (κ3) is 1.21. The van der Waals surface area contributed by atoms with Crippen molar-refractivity contribution < 1.29 is 14.6 Å². The van der Waals surface area contributed by atoms with Gasteiger partial charge in [-0.15, -0.1) is 0 Å². The molecular formula is C6H10O3. The number of ether oxygens (including phenoxy) is 1. The standard InChI is InChI=1S/C6H10O3/c1-4(7)5-2-3-9-6(5)8/h4-5,7H,2-3H2,1H3/t4-,5-/m1/s1. The van der Waals surface area contributed by atoms with Crippen molar-refractivity contribution in [1.29, 1.82) is 0 Å². The van der Waals surface area contributed by atoms with Gasteiger partial charge in [0.25, 0.3) is 0 Å². The van der Waals surface area contributed by atoms with Crippen molar-refractivity contribution in [1.82, 2.24) is 0 Å². The summed E-state index contributed by atoms with van der Waals surface area (Å²) >= 11 is 0. The molecule has 52 valence electrons. The van der Waals surface area contributed by atoms with Crippen molar-refractivity contribution in [3.05, 3.63) is 0 Å². The monoisotopic (exact) mass is 130 g/mol. The van der Waals surface area contributed by atoms with E-state index in [1.807, 2.05) is 0 Å². The minimum Gasteiger partial charge on any atom is -0.465 e. The van der Waals surface area contributed by atoms with E-state index >= 15 is 0 Å². The van der Waals surface area contributed by atoms with Crippen molar-refractivity contribution >= 4 is 5.97 Å². The van der Waals surface area contributed by atoms with Crippen molar-refractivity contribution in [2.24, 2.45) is 5.92 Å². The average Bonchev–Trinajstić information content (AvgIpc) is 2.13. The van der Waals surface area contributed by atoms with Crippen LogP contribution in [-0.4, -0.2) is 23.8 Å². The summed E-state index contributed by atoms with van der Waals surface area (Å²) in [6.07, 6.45) is 0.108. The second kappa shape index (κ2) is 2.35. The first-order valence-corrected chi connectivity index (χ1v) is 3.06. The zero-order valence-electron chi connectivity index (χ0n) is 5.33. The highest BCUT2D eigenvalue weighted by atomic mass is 16.5. The number of esters is 1. The third-order valence-electron chi connectivity index (χ3n) is 1.56. The molecular weight excluding hydrogens is 120 g/mol. The molecule has 1 heterocycles. The topological polar surface area (TPSA) is 46.5 Å². The second-order valence-electron chi connectivity index (χ2n) is 2.30. The summed E-state index contributed by atoms with van der Waals surface area (Å²) in [6.45, 7) is 2.08. The van der Waals surface area contributed by atoms with E-state index in [0.29, 0.717) is 13.0 Å². The Morgan fingerprint density at radius 2 is 2.56 bits per heavy atom. The lowest BCUT2D eigenvalue weighted by molar-refractivity contribution is -0.143. The van der Waals surface area contributed by atoms with Gasteiger partial charge in [0.2, 0.25) is 0 Å². The first kappa shape index (κ1) is 6.55. The molecule has 0 amide bonds. The van der Waals surface area contributed by atoms with Gasteiger partial charge in [-0.2, -0.15) is 0 Å². The summed E-state index contributed by atoms with van der Waals surface area (Å²) in [5.41, 5.74) is 0. The van der Waals surface area contributed by atoms with E-state index in [1.54, 1.807) is 6.92 Å². The summed E-state index contributed by atoms with van der Waals surface area (Å²) in [6, 6.07) is 0. The summed E-state index contributed by atoms with van der Waals surface area (Å²) in [4.78, 5) is 10.6. The summed E-state index contributed by atoms with van der Waals surface area (Å²) in [7, 11) is 0. The van der Waals surface area contributed by atoms with Crippen LogP contribution in [0, 0.1) is 5.92 Å². The Morgan fingerprint density at radius 3 is 2.78 bits per heavy atom. The van der Waals surface area contributed by atoms with Crippen molar-refractivity contribution in [3.63, 3.8) is 0 Å². The average molecular weight is 130 g/mol. The molecule has 3 nitrogen and oxygen atoms in total. The molecule has 1 rings (SSSR count). The lowest BCUT2D eigenvalue weighted by Gasteiger charge is -2.06. The van der Waals surface area contributed by atoms with Crippen LogP contribution in [0.3, 0.4) is 0 Å². The maximum absolute atomic E-state index is 10.6. The zero-order valence-corrected chi connectivity index (χ0v) is 5.33. The molecule has 1 aliphatic heterocycles. The Labute approximate surface area is 53.6 Å². The molecule has 0 bridgehead atoms. The van der Waals surface area contributed by atoms with E-state index in [2.05, 4.69) is 4.74 Å². The van der Waals surface area contributed by atoms with E-state index in [0.717, 1.165) is 0 Å². The van der Waals surface area contributed by atoms with Gasteiger partial charge in [0.05, 0.1) is 18.6 Å². The minimum absolute atomic E-state index is 0.259. The number of hydrogen-bond donors (Lipinski definition) is 1. The molecule has 0 aromatic rings. The van der Waals surface area contributed by atoms with Crippen LogP contribution in [0.4, 0.5) is 0 Å². The third-order valence-corrected chi connectivity index (χ3v) is 1.56. The summed E-state index contributed by atoms with van der Waals surface area (Å²) in [5.74, 6) is -0.532. The van der Waals surface area contributed by atoms with Crippen molar-refractivity contribution in [2.45, 2.75) is 19.4 Å². The Bertz CT molecular complexity index is 119. The Balaban J connectivity index is 2.49. The fourth-order valence-corrected chi connectivity index (χ4v) is 0.950. The summed E-state index contributed by atoms with van der Waals surface area (Å²) < 4.78 is 4.63. The number of carbonyl (C=O) groups is 1. The number of rotatable bonds is 1. The first-order valence-electron chi connectivity index (χ1n) is 3.06. The van der Waals surface area contributed by atoms with Crippen LogP contribution < -0.4 is 0 Å². The molecule has 1 aliphatic rings. The molecule has 0 aromatic carbocycles. The number of cyclic esters (lactones) is 1. The molecule has 3 heteroatoms. The number of aliphatic hydroxyl groups excluding tert-OH is 1. The predicted octanol–water partition coefficient (Wildman–Crippen LogP) is -0.0697. The second-order valence-corrected chi connectivity index (χ2v) is 2.30. The highest BCUT2D eigenvalue weighted by Crippen LogP contribution is 2.17. The highest BCUT2D eigenvalue weighted by molar-refractivity contribution is 5.74. The molecule has 0 aromatic heterocycles. The van der Waals surface area contributed by atoms with Gasteiger partial charge >= 0.3 is 5.97 Å². The molecule has 0 unspecified atom stereocenters. The van der Waals surface area contributed by atoms with Gasteiger partial charge in [0.15, 0.2) is 0 Å². The van der Waals surface area contributed by atoms with E-state index in [1.165, 1.54) is 0 Å². The van der Waals surface area contributed by atoms with Crippen LogP contribution in [-0.2, 0) is 9.53 Å². The van der Waals surface area contributed by atoms with E-state index in [9.17, 15) is 4.79 Å². The molecule has 1 saturated heterocycles. The molecule has 1 N–H and O–H groups in total. The molecule has 0 saturated carbocycles. The predicted molar refractivity (Wildman–Crippen MR) is 30.7 cm³/mol. The minimum atomic E-state index is -0.556. The Hall–Kier alpha value is -0.570. The van der Waals surface area contributed by atoms with Crippen LogP contribution >= 0.6 is 0 Å². The quantitative estimate of drug-likeness (QED) is 0.505. The van der Waals surface area contributed by atoms with Crippen molar-refractivity contribution in [2.75, 3.05) is 6.61 Å². The molecule has 0 aliphatic carbocycles. The fraction of sp³-hybridized carbons (Fsp3) is 0.833. The van der Waals surface area contributed by atoms with E-state index < -0.39 is 6.10 Å². The Morgan fingerprint density at radius 1 is 1.89 bits per heavy atom. The van der Waals surface area contributed by atoms with Crippen LogP contribution in [0.2, 0.25) is 0 Å². The van der Waals surface area contributed by atoms with Gasteiger partial charge in [-0.1, -0.05) is 0 Å². The molecule has 1 fully saturated rings. The Kier molecular flexibility index (Phi) is 1.71. The van der Waals surface area contributed by atoms with Gasteiger partial charge in [-0.25, -0.2) is 0 Å². The highest BCUT2D eigenvalue weighted by Gasteiger charge is 2.30. The molecule has 9 heavy (non-hydrogen) atoms. The van der Waals surface area contributed by atoms with Gasteiger partial charge in [-0.05, 0) is 13.3 Å². The van der Waals surface area contributed by atoms with Crippen LogP contribution in [0.5, 0.6) is 0 Å². The van der Waals surface area contributed by atoms with Gasteiger partial charge in [0.1, 0.15) is 0 Å². The SMILES string of the molecule is C[C@@H](O)[C@H]1CCOC1=O. The maximum atomic E-state index is 10.6. The van der Waals surface area contributed by atoms with Crippen LogP contribution in [0.15, 0.2) is 0 Å². The number of carbonyl (C=O) groups excluding carboxylic acids is 1.